The average Bonchev–Trinajstić information content (AvgIpc) is 3.16. The number of piperidine rings is 1. The van der Waals surface area contributed by atoms with E-state index in [0.29, 0.717) is 16.9 Å². The van der Waals surface area contributed by atoms with E-state index in [-0.39, 0.29) is 30.1 Å². The number of aliphatic hydroxyl groups is 1. The summed E-state index contributed by atoms with van der Waals surface area (Å²) in [6, 6.07) is 9.96. The van der Waals surface area contributed by atoms with Gasteiger partial charge in [0.25, 0.3) is 5.56 Å². The zero-order valence-electron chi connectivity index (χ0n) is 19.6. The molecule has 0 saturated carbocycles. The van der Waals surface area contributed by atoms with E-state index < -0.39 is 17.0 Å². The van der Waals surface area contributed by atoms with Crippen LogP contribution in [0.15, 0.2) is 41.2 Å². The van der Waals surface area contributed by atoms with Gasteiger partial charge in [-0.15, -0.1) is 0 Å². The quantitative estimate of drug-likeness (QED) is 0.620. The molecule has 3 aliphatic rings. The molecule has 2 aromatic carbocycles. The highest BCUT2D eigenvalue weighted by atomic mass is 19.2. The van der Waals surface area contributed by atoms with Crippen molar-refractivity contribution in [3.63, 3.8) is 0 Å². The molecular weight excluding hydrogens is 438 g/mol. The highest BCUT2D eigenvalue weighted by molar-refractivity contribution is 5.83. The molecule has 1 aromatic heterocycles. The Morgan fingerprint density at radius 2 is 1.85 bits per heavy atom. The zero-order valence-corrected chi connectivity index (χ0v) is 19.6. The Labute approximate surface area is 197 Å². The molecule has 0 spiro atoms. The lowest BCUT2D eigenvalue weighted by molar-refractivity contribution is 0.140. The van der Waals surface area contributed by atoms with Crippen molar-refractivity contribution in [3.05, 3.63) is 58.4 Å². The number of anilines is 1. The Morgan fingerprint density at radius 3 is 2.59 bits per heavy atom. The van der Waals surface area contributed by atoms with E-state index in [1.54, 1.807) is 6.07 Å². The van der Waals surface area contributed by atoms with Gasteiger partial charge in [0.05, 0.1) is 16.5 Å². The van der Waals surface area contributed by atoms with Crippen LogP contribution >= 0.6 is 0 Å². The van der Waals surface area contributed by atoms with Crippen molar-refractivity contribution in [1.82, 2.24) is 14.5 Å². The first-order chi connectivity index (χ1) is 16.3. The number of nitrogens with zero attached hydrogens (tertiary/aromatic N) is 4. The highest BCUT2D eigenvalue weighted by Gasteiger charge is 2.30. The van der Waals surface area contributed by atoms with Crippen LogP contribution in [0.5, 0.6) is 0 Å². The lowest BCUT2D eigenvalue weighted by atomic mass is 9.94. The van der Waals surface area contributed by atoms with E-state index in [2.05, 4.69) is 14.8 Å². The molecule has 0 unspecified atom stereocenters. The largest absolute Gasteiger partial charge is 0.396 e. The van der Waals surface area contributed by atoms with Crippen LogP contribution in [-0.2, 0) is 6.54 Å². The van der Waals surface area contributed by atoms with Crippen molar-refractivity contribution in [1.29, 1.82) is 0 Å². The molecular formula is C26H30F2N4O2. The van der Waals surface area contributed by atoms with Gasteiger partial charge in [0.15, 0.2) is 11.6 Å². The Hall–Kier alpha value is -2.84. The third-order valence-corrected chi connectivity index (χ3v) is 7.13. The number of hydrogen-bond acceptors (Lipinski definition) is 5. The third kappa shape index (κ3) is 4.09. The molecule has 3 aromatic rings. The fourth-order valence-electron chi connectivity index (χ4n) is 5.12. The Morgan fingerprint density at radius 1 is 1.09 bits per heavy atom. The maximum Gasteiger partial charge on any atom is 0.261 e. The van der Waals surface area contributed by atoms with Gasteiger partial charge in [0.2, 0.25) is 0 Å². The molecule has 0 aliphatic carbocycles. The van der Waals surface area contributed by atoms with Crippen LogP contribution < -0.4 is 10.5 Å². The van der Waals surface area contributed by atoms with Crippen LogP contribution in [-0.4, -0.2) is 58.4 Å². The maximum absolute atomic E-state index is 14.8. The first kappa shape index (κ1) is 22.9. The van der Waals surface area contributed by atoms with E-state index in [9.17, 15) is 18.7 Å². The summed E-state index contributed by atoms with van der Waals surface area (Å²) < 4.78 is 30.2. The van der Waals surface area contributed by atoms with Gasteiger partial charge < -0.3 is 14.9 Å². The van der Waals surface area contributed by atoms with Gasteiger partial charge in [-0.3, -0.25) is 9.36 Å². The Balaban J connectivity index is 1.68. The molecule has 6 rings (SSSR count). The van der Waals surface area contributed by atoms with Crippen molar-refractivity contribution >= 4 is 16.6 Å². The second-order valence-electron chi connectivity index (χ2n) is 10.2. The van der Waals surface area contributed by atoms with Crippen molar-refractivity contribution in [3.8, 4) is 11.4 Å². The van der Waals surface area contributed by atoms with Crippen molar-refractivity contribution in [2.75, 3.05) is 37.7 Å². The predicted octanol–water partition coefficient (Wildman–Crippen LogP) is 3.64. The first-order valence-electron chi connectivity index (χ1n) is 11.9. The van der Waals surface area contributed by atoms with Gasteiger partial charge in [-0.1, -0.05) is 19.9 Å². The molecule has 180 valence electrons. The summed E-state index contributed by atoms with van der Waals surface area (Å²) in [5.74, 6) is -1.98. The predicted molar refractivity (Wildman–Crippen MR) is 129 cm³/mol. The number of fused-ring (bicyclic) bond motifs is 5. The van der Waals surface area contributed by atoms with E-state index in [0.717, 1.165) is 50.8 Å². The minimum atomic E-state index is -1.05. The van der Waals surface area contributed by atoms with Crippen LogP contribution in [0.4, 0.5) is 14.5 Å². The number of aromatic nitrogens is 2. The number of benzene rings is 2. The number of aliphatic hydroxyl groups excluding tert-OH is 1. The Bertz CT molecular complexity index is 1280. The van der Waals surface area contributed by atoms with Gasteiger partial charge in [0.1, 0.15) is 5.82 Å². The van der Waals surface area contributed by atoms with Gasteiger partial charge >= 0.3 is 0 Å². The molecule has 8 heteroatoms. The van der Waals surface area contributed by atoms with E-state index in [1.807, 2.05) is 26.0 Å². The molecule has 0 amide bonds. The lowest BCUT2D eigenvalue weighted by Gasteiger charge is -2.33. The van der Waals surface area contributed by atoms with Crippen LogP contribution in [0, 0.1) is 17.0 Å². The summed E-state index contributed by atoms with van der Waals surface area (Å²) in [6.45, 7) is 7.67. The Kier molecular flexibility index (Phi) is 5.90. The molecule has 3 saturated heterocycles. The average molecular weight is 469 g/mol. The minimum Gasteiger partial charge on any atom is -0.396 e. The summed E-state index contributed by atoms with van der Waals surface area (Å²) in [5, 5.41) is 10.3. The normalized spacial score (nSPS) is 20.7. The van der Waals surface area contributed by atoms with Crippen LogP contribution in [0.3, 0.4) is 0 Å². The second kappa shape index (κ2) is 8.74. The summed E-state index contributed by atoms with van der Waals surface area (Å²) in [6.07, 6.45) is 2.20. The molecule has 0 atom stereocenters. The molecule has 3 aliphatic heterocycles. The molecule has 4 heterocycles. The molecule has 3 fully saturated rings. The fourth-order valence-corrected chi connectivity index (χ4v) is 5.12. The molecule has 6 nitrogen and oxygen atoms in total. The third-order valence-electron chi connectivity index (χ3n) is 7.13. The molecule has 1 N–H and O–H groups in total. The van der Waals surface area contributed by atoms with Gasteiger partial charge in [0, 0.05) is 56.5 Å². The van der Waals surface area contributed by atoms with Crippen molar-refractivity contribution in [2.24, 2.45) is 5.41 Å². The smallest absolute Gasteiger partial charge is 0.261 e. The fraction of sp³-hybridized carbons (Fsp3) is 0.462. The number of hydrogen-bond donors (Lipinski definition) is 1. The standard InChI is InChI=1S/C26H30F2N4O2/c1-26(2,16-33)15-32-24(19-4-3-5-21(27)23(19)28)29-22-7-6-18(14-20(22)25(32)34)31-13-12-30-10-8-17(31)9-11-30/h3-7,14,17,33H,8-13,15-16H2,1-2H3. The van der Waals surface area contributed by atoms with Crippen molar-refractivity contribution < 1.29 is 13.9 Å². The first-order valence-corrected chi connectivity index (χ1v) is 11.9. The van der Waals surface area contributed by atoms with Crippen LogP contribution in [0.25, 0.3) is 22.3 Å². The monoisotopic (exact) mass is 468 g/mol. The van der Waals surface area contributed by atoms with Crippen LogP contribution in [0.2, 0.25) is 0 Å². The SMILES string of the molecule is CC(C)(CO)Cn1c(-c2cccc(F)c2F)nc2ccc(N3CCN4CCC3CC4)cc2c1=O. The summed E-state index contributed by atoms with van der Waals surface area (Å²) in [4.78, 5) is 23.3. The lowest BCUT2D eigenvalue weighted by Crippen LogP contribution is -2.38. The van der Waals surface area contributed by atoms with Crippen molar-refractivity contribution in [2.45, 2.75) is 39.3 Å². The van der Waals surface area contributed by atoms with E-state index in [1.165, 1.54) is 16.7 Å². The molecule has 2 bridgehead atoms. The topological polar surface area (TPSA) is 61.6 Å². The van der Waals surface area contributed by atoms with Gasteiger partial charge in [-0.05, 0) is 43.2 Å². The van der Waals surface area contributed by atoms with Gasteiger partial charge in [-0.25, -0.2) is 13.8 Å². The minimum absolute atomic E-state index is 0.0602. The van der Waals surface area contributed by atoms with E-state index >= 15 is 0 Å². The van der Waals surface area contributed by atoms with Gasteiger partial charge in [-0.2, -0.15) is 0 Å². The van der Waals surface area contributed by atoms with Crippen LogP contribution in [0.1, 0.15) is 26.7 Å². The summed E-state index contributed by atoms with van der Waals surface area (Å²) in [7, 11) is 0. The highest BCUT2D eigenvalue weighted by Crippen LogP contribution is 2.30. The number of rotatable bonds is 5. The second-order valence-corrected chi connectivity index (χ2v) is 10.2. The molecule has 34 heavy (non-hydrogen) atoms. The summed E-state index contributed by atoms with van der Waals surface area (Å²) in [5.41, 5.74) is 0.365. The maximum atomic E-state index is 14.8. The molecule has 0 radical (unpaired) electrons. The summed E-state index contributed by atoms with van der Waals surface area (Å²) >= 11 is 0. The van der Waals surface area contributed by atoms with E-state index in [4.69, 9.17) is 0 Å². The number of halogens is 2. The zero-order chi connectivity index (χ0) is 24.0.